The van der Waals surface area contributed by atoms with Crippen LogP contribution < -0.4 is 10.6 Å². The highest BCUT2D eigenvalue weighted by Crippen LogP contribution is 2.09. The average molecular weight is 306 g/mol. The van der Waals surface area contributed by atoms with Crippen molar-refractivity contribution in [1.82, 2.24) is 25.3 Å². The molecule has 0 spiro atoms. The molecule has 1 atom stereocenters. The zero-order chi connectivity index (χ0) is 15.6. The number of guanidine groups is 1. The fraction of sp³-hybridized carbons (Fsp3) is 0.750. The maximum absolute atomic E-state index is 4.28. The van der Waals surface area contributed by atoms with E-state index in [-0.39, 0.29) is 0 Å². The van der Waals surface area contributed by atoms with E-state index < -0.39 is 0 Å². The van der Waals surface area contributed by atoms with Gasteiger partial charge in [0, 0.05) is 45.6 Å². The van der Waals surface area contributed by atoms with Crippen LogP contribution in [0.4, 0.5) is 0 Å². The van der Waals surface area contributed by atoms with Crippen LogP contribution in [-0.2, 0) is 6.54 Å². The topological polar surface area (TPSA) is 57.5 Å². The van der Waals surface area contributed by atoms with Crippen molar-refractivity contribution in [3.63, 3.8) is 0 Å². The third kappa shape index (κ3) is 6.05. The highest BCUT2D eigenvalue weighted by atomic mass is 15.3. The SMILES string of the molecule is CN=C(NCCCn1cccn1)NCC(C)CN1CCCC1. The number of hydrogen-bond acceptors (Lipinski definition) is 3. The highest BCUT2D eigenvalue weighted by molar-refractivity contribution is 5.79. The molecule has 1 unspecified atom stereocenters. The number of rotatable bonds is 8. The second-order valence-electron chi connectivity index (χ2n) is 6.12. The van der Waals surface area contributed by atoms with Crippen molar-refractivity contribution in [1.29, 1.82) is 0 Å². The van der Waals surface area contributed by atoms with Crippen LogP contribution in [0.15, 0.2) is 23.5 Å². The normalized spacial score (nSPS) is 17.6. The largest absolute Gasteiger partial charge is 0.356 e. The van der Waals surface area contributed by atoms with Gasteiger partial charge in [0.15, 0.2) is 5.96 Å². The monoisotopic (exact) mass is 306 g/mol. The Bertz CT molecular complexity index is 422. The second kappa shape index (κ2) is 9.46. The molecule has 1 aromatic heterocycles. The Morgan fingerprint density at radius 1 is 1.32 bits per heavy atom. The molecule has 6 heteroatoms. The van der Waals surface area contributed by atoms with Gasteiger partial charge in [-0.15, -0.1) is 0 Å². The summed E-state index contributed by atoms with van der Waals surface area (Å²) in [5, 5.41) is 11.0. The molecule has 1 aliphatic heterocycles. The molecule has 2 rings (SSSR count). The maximum atomic E-state index is 4.28. The lowest BCUT2D eigenvalue weighted by molar-refractivity contribution is 0.287. The molecule has 1 saturated heterocycles. The molecular formula is C16H30N6. The van der Waals surface area contributed by atoms with Gasteiger partial charge in [-0.25, -0.2) is 0 Å². The molecule has 0 amide bonds. The number of aryl methyl sites for hydroxylation is 1. The Morgan fingerprint density at radius 3 is 2.82 bits per heavy atom. The van der Waals surface area contributed by atoms with Gasteiger partial charge in [-0.2, -0.15) is 5.10 Å². The molecule has 2 heterocycles. The van der Waals surface area contributed by atoms with Crippen LogP contribution in [0, 0.1) is 5.92 Å². The molecule has 2 N–H and O–H groups in total. The van der Waals surface area contributed by atoms with Gasteiger partial charge in [0.05, 0.1) is 0 Å². The second-order valence-corrected chi connectivity index (χ2v) is 6.12. The van der Waals surface area contributed by atoms with E-state index >= 15 is 0 Å². The van der Waals surface area contributed by atoms with E-state index in [4.69, 9.17) is 0 Å². The third-order valence-electron chi connectivity index (χ3n) is 4.03. The highest BCUT2D eigenvalue weighted by Gasteiger charge is 2.14. The summed E-state index contributed by atoms with van der Waals surface area (Å²) in [5.74, 6) is 1.54. The molecule has 0 radical (unpaired) electrons. The van der Waals surface area contributed by atoms with Crippen molar-refractivity contribution < 1.29 is 0 Å². The lowest BCUT2D eigenvalue weighted by Crippen LogP contribution is -2.41. The van der Waals surface area contributed by atoms with E-state index in [0.717, 1.165) is 32.0 Å². The van der Waals surface area contributed by atoms with Crippen molar-refractivity contribution >= 4 is 5.96 Å². The number of nitrogens with zero attached hydrogens (tertiary/aromatic N) is 4. The molecule has 1 aliphatic rings. The molecule has 1 fully saturated rings. The number of aliphatic imine (C=N–C) groups is 1. The molecule has 0 bridgehead atoms. The Kier molecular flexibility index (Phi) is 7.22. The number of nitrogens with one attached hydrogen (secondary N) is 2. The zero-order valence-corrected chi connectivity index (χ0v) is 14.0. The predicted octanol–water partition coefficient (Wildman–Crippen LogP) is 1.17. The van der Waals surface area contributed by atoms with E-state index in [1.54, 1.807) is 0 Å². The van der Waals surface area contributed by atoms with Gasteiger partial charge in [-0.3, -0.25) is 9.67 Å². The molecule has 0 aromatic carbocycles. The van der Waals surface area contributed by atoms with Gasteiger partial charge in [0.2, 0.25) is 0 Å². The van der Waals surface area contributed by atoms with Gasteiger partial charge < -0.3 is 15.5 Å². The van der Waals surface area contributed by atoms with E-state index in [1.165, 1.54) is 32.5 Å². The Labute approximate surface area is 134 Å². The first-order chi connectivity index (χ1) is 10.8. The average Bonchev–Trinajstić information content (AvgIpc) is 3.20. The lowest BCUT2D eigenvalue weighted by atomic mass is 10.1. The summed E-state index contributed by atoms with van der Waals surface area (Å²) in [6.07, 6.45) is 7.56. The summed E-state index contributed by atoms with van der Waals surface area (Å²) in [6, 6.07) is 1.95. The van der Waals surface area contributed by atoms with Crippen LogP contribution in [0.5, 0.6) is 0 Å². The van der Waals surface area contributed by atoms with Crippen LogP contribution in [-0.4, -0.2) is 60.4 Å². The molecule has 6 nitrogen and oxygen atoms in total. The first kappa shape index (κ1) is 16.8. The molecular weight excluding hydrogens is 276 g/mol. The number of likely N-dealkylation sites (tertiary alicyclic amines) is 1. The molecule has 1 aromatic rings. The van der Waals surface area contributed by atoms with Crippen molar-refractivity contribution in [2.45, 2.75) is 32.7 Å². The molecule has 0 saturated carbocycles. The van der Waals surface area contributed by atoms with Gasteiger partial charge in [0.25, 0.3) is 0 Å². The van der Waals surface area contributed by atoms with Crippen LogP contribution in [0.2, 0.25) is 0 Å². The minimum Gasteiger partial charge on any atom is -0.356 e. The van der Waals surface area contributed by atoms with E-state index in [1.807, 2.05) is 30.2 Å². The van der Waals surface area contributed by atoms with Crippen LogP contribution in [0.25, 0.3) is 0 Å². The summed E-state index contributed by atoms with van der Waals surface area (Å²) in [6.45, 7) is 8.83. The fourth-order valence-corrected chi connectivity index (χ4v) is 2.84. The van der Waals surface area contributed by atoms with E-state index in [0.29, 0.717) is 5.92 Å². The van der Waals surface area contributed by atoms with Gasteiger partial charge in [0.1, 0.15) is 0 Å². The fourth-order valence-electron chi connectivity index (χ4n) is 2.84. The van der Waals surface area contributed by atoms with E-state index in [9.17, 15) is 0 Å². The maximum Gasteiger partial charge on any atom is 0.190 e. The van der Waals surface area contributed by atoms with E-state index in [2.05, 4.69) is 32.5 Å². The van der Waals surface area contributed by atoms with Crippen molar-refractivity contribution in [3.8, 4) is 0 Å². The summed E-state index contributed by atoms with van der Waals surface area (Å²) in [4.78, 5) is 6.85. The first-order valence-electron chi connectivity index (χ1n) is 8.42. The molecule has 22 heavy (non-hydrogen) atoms. The summed E-state index contributed by atoms with van der Waals surface area (Å²) in [5.41, 5.74) is 0. The Hall–Kier alpha value is -1.56. The summed E-state index contributed by atoms with van der Waals surface area (Å²) >= 11 is 0. The smallest absolute Gasteiger partial charge is 0.190 e. The minimum atomic E-state index is 0.640. The van der Waals surface area contributed by atoms with Gasteiger partial charge in [-0.05, 0) is 44.3 Å². The number of hydrogen-bond donors (Lipinski definition) is 2. The molecule has 0 aliphatic carbocycles. The van der Waals surface area contributed by atoms with Crippen molar-refractivity contribution in [2.24, 2.45) is 10.9 Å². The summed E-state index contributed by atoms with van der Waals surface area (Å²) < 4.78 is 1.95. The summed E-state index contributed by atoms with van der Waals surface area (Å²) in [7, 11) is 1.83. The lowest BCUT2D eigenvalue weighted by Gasteiger charge is -2.21. The number of aromatic nitrogens is 2. The quantitative estimate of drug-likeness (QED) is 0.430. The Morgan fingerprint density at radius 2 is 2.14 bits per heavy atom. The van der Waals surface area contributed by atoms with Crippen LogP contribution in [0.1, 0.15) is 26.2 Å². The van der Waals surface area contributed by atoms with Crippen LogP contribution in [0.3, 0.4) is 0 Å². The molecule has 124 valence electrons. The minimum absolute atomic E-state index is 0.640. The van der Waals surface area contributed by atoms with Crippen molar-refractivity contribution in [2.75, 3.05) is 39.8 Å². The van der Waals surface area contributed by atoms with Crippen molar-refractivity contribution in [3.05, 3.63) is 18.5 Å². The zero-order valence-electron chi connectivity index (χ0n) is 14.0. The predicted molar refractivity (Wildman–Crippen MR) is 91.0 cm³/mol. The first-order valence-corrected chi connectivity index (χ1v) is 8.42. The standard InChI is InChI=1S/C16H30N6/c1-15(14-21-9-3-4-10-21)13-19-16(17-2)18-7-5-11-22-12-6-8-20-22/h6,8,12,15H,3-5,7,9-11,13-14H2,1-2H3,(H2,17,18,19). The van der Waals surface area contributed by atoms with Gasteiger partial charge in [-0.1, -0.05) is 6.92 Å². The van der Waals surface area contributed by atoms with Gasteiger partial charge >= 0.3 is 0 Å². The van der Waals surface area contributed by atoms with Crippen LogP contribution >= 0.6 is 0 Å². The third-order valence-corrected chi connectivity index (χ3v) is 4.03. The Balaban J connectivity index is 1.56.